The molecule has 0 spiro atoms. The van der Waals surface area contributed by atoms with Crippen molar-refractivity contribution in [3.63, 3.8) is 0 Å². The number of hydrogen-bond donors (Lipinski definition) is 2. The maximum atomic E-state index is 12.8. The molecule has 128 valence electrons. The van der Waals surface area contributed by atoms with Gasteiger partial charge in [0.1, 0.15) is 0 Å². The Morgan fingerprint density at radius 2 is 1.83 bits per heavy atom. The molecule has 1 saturated carbocycles. The largest absolute Gasteiger partial charge is 0.386 e. The lowest BCUT2D eigenvalue weighted by Gasteiger charge is -2.37. The van der Waals surface area contributed by atoms with Crippen molar-refractivity contribution in [2.45, 2.75) is 59.1 Å². The van der Waals surface area contributed by atoms with Gasteiger partial charge in [-0.2, -0.15) is 0 Å². The highest BCUT2D eigenvalue weighted by Crippen LogP contribution is 2.38. The molecule has 1 aliphatic carbocycles. The molecule has 0 bridgehead atoms. The summed E-state index contributed by atoms with van der Waals surface area (Å²) >= 11 is 0. The van der Waals surface area contributed by atoms with Crippen molar-refractivity contribution >= 4 is 5.91 Å². The van der Waals surface area contributed by atoms with Crippen LogP contribution in [0.1, 0.15) is 58.6 Å². The summed E-state index contributed by atoms with van der Waals surface area (Å²) in [5.41, 5.74) is 0.845. The Morgan fingerprint density at radius 1 is 1.17 bits per heavy atom. The van der Waals surface area contributed by atoms with Gasteiger partial charge in [-0.25, -0.2) is 0 Å². The summed E-state index contributed by atoms with van der Waals surface area (Å²) in [6.45, 7) is 8.54. The van der Waals surface area contributed by atoms with Crippen molar-refractivity contribution in [3.8, 4) is 0 Å². The molecule has 1 aromatic carbocycles. The second kappa shape index (κ2) is 7.96. The van der Waals surface area contributed by atoms with Crippen LogP contribution in [-0.4, -0.2) is 17.1 Å². The van der Waals surface area contributed by atoms with E-state index in [1.165, 1.54) is 6.42 Å². The maximum absolute atomic E-state index is 12.8. The molecule has 3 nitrogen and oxygen atoms in total. The molecule has 2 N–H and O–H groups in total. The van der Waals surface area contributed by atoms with Crippen LogP contribution < -0.4 is 5.32 Å². The van der Waals surface area contributed by atoms with Gasteiger partial charge in [0.2, 0.25) is 5.91 Å². The third kappa shape index (κ3) is 4.57. The molecule has 0 saturated heterocycles. The van der Waals surface area contributed by atoms with Gasteiger partial charge in [0.05, 0.1) is 12.1 Å². The lowest BCUT2D eigenvalue weighted by molar-refractivity contribution is -0.130. The van der Waals surface area contributed by atoms with Gasteiger partial charge in [0.15, 0.2) is 0 Å². The SMILES string of the molecule is CC(C)[C@@H]1CC[C@@H](C)C[C@H]1C(=O)N[C@@H](C)[C@H](O)c1ccccc1. The van der Waals surface area contributed by atoms with Gasteiger partial charge in [0, 0.05) is 5.92 Å². The minimum Gasteiger partial charge on any atom is -0.386 e. The quantitative estimate of drug-likeness (QED) is 0.864. The first-order valence-corrected chi connectivity index (χ1v) is 8.93. The number of aliphatic hydroxyl groups is 1. The van der Waals surface area contributed by atoms with Crippen LogP contribution >= 0.6 is 0 Å². The first kappa shape index (κ1) is 18.0. The van der Waals surface area contributed by atoms with Crippen molar-refractivity contribution in [1.29, 1.82) is 0 Å². The summed E-state index contributed by atoms with van der Waals surface area (Å²) in [6, 6.07) is 9.25. The van der Waals surface area contributed by atoms with Crippen LogP contribution in [0.3, 0.4) is 0 Å². The molecule has 23 heavy (non-hydrogen) atoms. The van der Waals surface area contributed by atoms with E-state index in [2.05, 4.69) is 26.1 Å². The van der Waals surface area contributed by atoms with Gasteiger partial charge in [-0.1, -0.05) is 57.5 Å². The van der Waals surface area contributed by atoms with Crippen molar-refractivity contribution in [1.82, 2.24) is 5.32 Å². The number of hydrogen-bond acceptors (Lipinski definition) is 2. The summed E-state index contributed by atoms with van der Waals surface area (Å²) in [7, 11) is 0. The molecule has 5 atom stereocenters. The number of carbonyl (C=O) groups excluding carboxylic acids is 1. The summed E-state index contributed by atoms with van der Waals surface area (Å²) in [5, 5.41) is 13.5. The van der Waals surface area contributed by atoms with Gasteiger partial charge in [0.25, 0.3) is 0 Å². The highest BCUT2D eigenvalue weighted by molar-refractivity contribution is 5.79. The normalized spacial score (nSPS) is 27.5. The number of benzene rings is 1. The lowest BCUT2D eigenvalue weighted by atomic mass is 9.69. The Bertz CT molecular complexity index is 500. The van der Waals surface area contributed by atoms with Gasteiger partial charge in [-0.05, 0) is 43.1 Å². The molecule has 0 heterocycles. The average Bonchev–Trinajstić information content (AvgIpc) is 2.54. The Hall–Kier alpha value is -1.35. The van der Waals surface area contributed by atoms with Crippen LogP contribution in [0.4, 0.5) is 0 Å². The van der Waals surface area contributed by atoms with Crippen molar-refractivity contribution in [2.24, 2.45) is 23.7 Å². The first-order valence-electron chi connectivity index (χ1n) is 8.93. The maximum Gasteiger partial charge on any atom is 0.223 e. The molecule has 0 radical (unpaired) electrons. The zero-order valence-electron chi connectivity index (χ0n) is 14.8. The Kier molecular flexibility index (Phi) is 6.23. The van der Waals surface area contributed by atoms with Crippen LogP contribution in [0.2, 0.25) is 0 Å². The Labute approximate surface area is 140 Å². The summed E-state index contributed by atoms with van der Waals surface area (Å²) < 4.78 is 0. The number of amides is 1. The molecule has 3 heteroatoms. The summed E-state index contributed by atoms with van der Waals surface area (Å²) in [5.74, 6) is 1.76. The van der Waals surface area contributed by atoms with E-state index in [1.54, 1.807) is 0 Å². The van der Waals surface area contributed by atoms with Gasteiger partial charge >= 0.3 is 0 Å². The molecule has 1 fully saturated rings. The van der Waals surface area contributed by atoms with E-state index in [0.29, 0.717) is 17.8 Å². The van der Waals surface area contributed by atoms with Gasteiger partial charge in [-0.3, -0.25) is 4.79 Å². The Morgan fingerprint density at radius 3 is 2.43 bits per heavy atom. The average molecular weight is 317 g/mol. The second-order valence-corrected chi connectivity index (χ2v) is 7.59. The predicted molar refractivity (Wildman–Crippen MR) is 93.8 cm³/mol. The Balaban J connectivity index is 2.01. The highest BCUT2D eigenvalue weighted by Gasteiger charge is 2.36. The smallest absolute Gasteiger partial charge is 0.223 e. The molecule has 0 aliphatic heterocycles. The fourth-order valence-electron chi connectivity index (χ4n) is 3.85. The van der Waals surface area contributed by atoms with Gasteiger partial charge in [-0.15, -0.1) is 0 Å². The van der Waals surface area contributed by atoms with E-state index >= 15 is 0 Å². The van der Waals surface area contributed by atoms with Gasteiger partial charge < -0.3 is 10.4 Å². The third-order valence-electron chi connectivity index (χ3n) is 5.34. The predicted octanol–water partition coefficient (Wildman–Crippen LogP) is 3.93. The monoisotopic (exact) mass is 317 g/mol. The van der Waals surface area contributed by atoms with Crippen LogP contribution in [0.15, 0.2) is 30.3 Å². The fraction of sp³-hybridized carbons (Fsp3) is 0.650. The standard InChI is InChI=1S/C20H31NO2/c1-13(2)17-11-10-14(3)12-18(17)20(23)21-15(4)19(22)16-8-6-5-7-9-16/h5-9,13-15,17-19,22H,10-12H2,1-4H3,(H,21,23)/t14-,15+,17+,18-,19+/m1/s1. The van der Waals surface area contributed by atoms with E-state index in [9.17, 15) is 9.90 Å². The molecular formula is C20H31NO2. The number of nitrogens with one attached hydrogen (secondary N) is 1. The summed E-state index contributed by atoms with van der Waals surface area (Å²) in [6.07, 6.45) is 2.64. The molecular weight excluding hydrogens is 286 g/mol. The minimum atomic E-state index is -0.668. The highest BCUT2D eigenvalue weighted by atomic mass is 16.3. The number of carbonyl (C=O) groups is 1. The van der Waals surface area contributed by atoms with E-state index in [0.717, 1.165) is 18.4 Å². The zero-order valence-corrected chi connectivity index (χ0v) is 14.8. The first-order chi connectivity index (χ1) is 10.9. The number of rotatable bonds is 5. The van der Waals surface area contributed by atoms with Crippen LogP contribution in [0, 0.1) is 23.7 Å². The topological polar surface area (TPSA) is 49.3 Å². The van der Waals surface area contributed by atoms with Crippen molar-refractivity contribution in [2.75, 3.05) is 0 Å². The molecule has 2 rings (SSSR count). The van der Waals surface area contributed by atoms with E-state index in [4.69, 9.17) is 0 Å². The van der Waals surface area contributed by atoms with Crippen molar-refractivity contribution in [3.05, 3.63) is 35.9 Å². The van der Waals surface area contributed by atoms with E-state index in [-0.39, 0.29) is 17.9 Å². The fourth-order valence-corrected chi connectivity index (χ4v) is 3.85. The minimum absolute atomic E-state index is 0.0733. The molecule has 1 aliphatic rings. The van der Waals surface area contributed by atoms with Crippen LogP contribution in [-0.2, 0) is 4.79 Å². The van der Waals surface area contributed by atoms with Crippen molar-refractivity contribution < 1.29 is 9.90 Å². The zero-order chi connectivity index (χ0) is 17.0. The molecule has 0 aromatic heterocycles. The number of aliphatic hydroxyl groups excluding tert-OH is 1. The van der Waals surface area contributed by atoms with Crippen LogP contribution in [0.25, 0.3) is 0 Å². The third-order valence-corrected chi connectivity index (χ3v) is 5.34. The second-order valence-electron chi connectivity index (χ2n) is 7.59. The lowest BCUT2D eigenvalue weighted by Crippen LogP contribution is -2.45. The molecule has 1 aromatic rings. The summed E-state index contributed by atoms with van der Waals surface area (Å²) in [4.78, 5) is 12.8. The van der Waals surface area contributed by atoms with E-state index < -0.39 is 6.10 Å². The molecule has 1 amide bonds. The molecule has 0 unspecified atom stereocenters. The van der Waals surface area contributed by atoms with Crippen LogP contribution in [0.5, 0.6) is 0 Å². The van der Waals surface area contributed by atoms with E-state index in [1.807, 2.05) is 37.3 Å².